The average Bonchev–Trinajstić information content (AvgIpc) is 2.86. The van der Waals surface area contributed by atoms with Crippen molar-refractivity contribution in [3.63, 3.8) is 0 Å². The lowest BCUT2D eigenvalue weighted by Crippen LogP contribution is -2.27. The number of furan rings is 1. The van der Waals surface area contributed by atoms with E-state index in [0.29, 0.717) is 24.8 Å². The van der Waals surface area contributed by atoms with Gasteiger partial charge >= 0.3 is 0 Å². The fourth-order valence-electron chi connectivity index (χ4n) is 1.90. The number of hydrogen-bond donors (Lipinski definition) is 1. The molecule has 0 aliphatic carbocycles. The van der Waals surface area contributed by atoms with Gasteiger partial charge in [-0.3, -0.25) is 4.79 Å². The van der Waals surface area contributed by atoms with Crippen LogP contribution in [0.4, 0.5) is 0 Å². The first-order valence-electron chi connectivity index (χ1n) is 6.73. The molecule has 0 saturated carbocycles. The molecule has 1 amide bonds. The monoisotopic (exact) mass is 307 g/mol. The van der Waals surface area contributed by atoms with Gasteiger partial charge in [-0.25, -0.2) is 0 Å². The topological polar surface area (TPSA) is 51.5 Å². The van der Waals surface area contributed by atoms with Crippen molar-refractivity contribution in [2.24, 2.45) is 0 Å². The zero-order chi connectivity index (χ0) is 15.2. The van der Waals surface area contributed by atoms with E-state index in [0.717, 1.165) is 16.9 Å². The van der Waals surface area contributed by atoms with Crippen molar-refractivity contribution in [3.05, 3.63) is 53.0 Å². The minimum atomic E-state index is -0.261. The Labute approximate surface area is 129 Å². The van der Waals surface area contributed by atoms with Crippen LogP contribution in [0, 0.1) is 13.8 Å². The van der Waals surface area contributed by atoms with Gasteiger partial charge in [0.15, 0.2) is 5.76 Å². The summed E-state index contributed by atoms with van der Waals surface area (Å²) in [5.41, 5.74) is 1.90. The SMILES string of the molecule is Cc1ccccc1OCCNC(=O)c1cc(CCl)c(C)o1. The summed E-state index contributed by atoms with van der Waals surface area (Å²) in [6.45, 7) is 4.57. The molecular formula is C16H18ClNO3. The third kappa shape index (κ3) is 4.02. The lowest BCUT2D eigenvalue weighted by atomic mass is 10.2. The summed E-state index contributed by atoms with van der Waals surface area (Å²) in [7, 11) is 0. The van der Waals surface area contributed by atoms with E-state index in [2.05, 4.69) is 5.32 Å². The van der Waals surface area contributed by atoms with E-state index in [4.69, 9.17) is 20.8 Å². The van der Waals surface area contributed by atoms with Gasteiger partial charge in [0.25, 0.3) is 5.91 Å². The molecule has 0 bridgehead atoms. The van der Waals surface area contributed by atoms with E-state index in [1.54, 1.807) is 13.0 Å². The largest absolute Gasteiger partial charge is 0.491 e. The number of aryl methyl sites for hydroxylation is 2. The van der Waals surface area contributed by atoms with Crippen LogP contribution in [0.2, 0.25) is 0 Å². The van der Waals surface area contributed by atoms with E-state index in [1.807, 2.05) is 31.2 Å². The van der Waals surface area contributed by atoms with E-state index >= 15 is 0 Å². The summed E-state index contributed by atoms with van der Waals surface area (Å²) in [6.07, 6.45) is 0. The molecule has 5 heteroatoms. The second-order valence-electron chi connectivity index (χ2n) is 4.70. The lowest BCUT2D eigenvalue weighted by Gasteiger charge is -2.09. The van der Waals surface area contributed by atoms with Gasteiger partial charge in [0.2, 0.25) is 0 Å². The Morgan fingerprint density at radius 3 is 2.76 bits per heavy atom. The zero-order valence-electron chi connectivity index (χ0n) is 12.1. The number of rotatable bonds is 6. The van der Waals surface area contributed by atoms with Gasteiger partial charge in [0.1, 0.15) is 18.1 Å². The van der Waals surface area contributed by atoms with Crippen molar-refractivity contribution in [2.45, 2.75) is 19.7 Å². The maximum atomic E-state index is 11.9. The molecule has 0 aliphatic rings. The number of nitrogens with one attached hydrogen (secondary N) is 1. The summed E-state index contributed by atoms with van der Waals surface area (Å²) >= 11 is 5.75. The summed E-state index contributed by atoms with van der Waals surface area (Å²) in [5.74, 6) is 1.84. The first-order chi connectivity index (χ1) is 10.1. The lowest BCUT2D eigenvalue weighted by molar-refractivity contribution is 0.0918. The number of carbonyl (C=O) groups excluding carboxylic acids is 1. The predicted molar refractivity (Wildman–Crippen MR) is 82.0 cm³/mol. The van der Waals surface area contributed by atoms with Crippen molar-refractivity contribution in [1.82, 2.24) is 5.32 Å². The van der Waals surface area contributed by atoms with Gasteiger partial charge in [-0.15, -0.1) is 11.6 Å². The zero-order valence-corrected chi connectivity index (χ0v) is 12.9. The number of alkyl halides is 1. The number of halogens is 1. The Morgan fingerprint density at radius 1 is 1.33 bits per heavy atom. The molecule has 21 heavy (non-hydrogen) atoms. The number of ether oxygens (including phenoxy) is 1. The van der Waals surface area contributed by atoms with E-state index in [1.165, 1.54) is 0 Å². The molecule has 0 spiro atoms. The summed E-state index contributed by atoms with van der Waals surface area (Å²) in [5, 5.41) is 2.75. The minimum absolute atomic E-state index is 0.261. The first-order valence-corrected chi connectivity index (χ1v) is 7.27. The predicted octanol–water partition coefficient (Wildman–Crippen LogP) is 3.44. The summed E-state index contributed by atoms with van der Waals surface area (Å²) in [6, 6.07) is 9.42. The molecular weight excluding hydrogens is 290 g/mol. The smallest absolute Gasteiger partial charge is 0.287 e. The van der Waals surface area contributed by atoms with Crippen LogP contribution < -0.4 is 10.1 Å². The van der Waals surface area contributed by atoms with Crippen molar-refractivity contribution in [3.8, 4) is 5.75 Å². The first kappa shape index (κ1) is 15.4. The Kier molecular flexibility index (Phi) is 5.28. The Bertz CT molecular complexity index is 622. The second kappa shape index (κ2) is 7.18. The number of para-hydroxylation sites is 1. The van der Waals surface area contributed by atoms with Crippen molar-refractivity contribution < 1.29 is 13.9 Å². The van der Waals surface area contributed by atoms with Gasteiger partial charge < -0.3 is 14.5 Å². The van der Waals surface area contributed by atoms with E-state index < -0.39 is 0 Å². The molecule has 1 aromatic carbocycles. The molecule has 0 saturated heterocycles. The molecule has 1 N–H and O–H groups in total. The fourth-order valence-corrected chi connectivity index (χ4v) is 2.16. The van der Waals surface area contributed by atoms with E-state index in [-0.39, 0.29) is 11.7 Å². The highest BCUT2D eigenvalue weighted by molar-refractivity contribution is 6.17. The van der Waals surface area contributed by atoms with Gasteiger partial charge in [-0.1, -0.05) is 18.2 Å². The summed E-state index contributed by atoms with van der Waals surface area (Å²) in [4.78, 5) is 11.9. The highest BCUT2D eigenvalue weighted by atomic mass is 35.5. The third-order valence-corrected chi connectivity index (χ3v) is 3.42. The Morgan fingerprint density at radius 2 is 2.10 bits per heavy atom. The molecule has 1 heterocycles. The van der Waals surface area contributed by atoms with Crippen LogP contribution in [0.3, 0.4) is 0 Å². The quantitative estimate of drug-likeness (QED) is 0.657. The molecule has 112 valence electrons. The van der Waals surface area contributed by atoms with Crippen LogP contribution in [0.25, 0.3) is 0 Å². The Balaban J connectivity index is 1.80. The van der Waals surface area contributed by atoms with Crippen molar-refractivity contribution in [2.75, 3.05) is 13.2 Å². The van der Waals surface area contributed by atoms with Crippen LogP contribution >= 0.6 is 11.6 Å². The second-order valence-corrected chi connectivity index (χ2v) is 4.96. The normalized spacial score (nSPS) is 10.4. The van der Waals surface area contributed by atoms with Crippen LogP contribution in [-0.2, 0) is 5.88 Å². The molecule has 0 aliphatic heterocycles. The van der Waals surface area contributed by atoms with Gasteiger partial charge in [0.05, 0.1) is 12.4 Å². The molecule has 2 aromatic rings. The van der Waals surface area contributed by atoms with Gasteiger partial charge in [-0.05, 0) is 31.5 Å². The standard InChI is InChI=1S/C16H18ClNO3/c1-11-5-3-4-6-14(11)20-8-7-18-16(19)15-9-13(10-17)12(2)21-15/h3-6,9H,7-8,10H2,1-2H3,(H,18,19). The third-order valence-electron chi connectivity index (χ3n) is 3.13. The average molecular weight is 308 g/mol. The molecule has 1 aromatic heterocycles. The fraction of sp³-hybridized carbons (Fsp3) is 0.312. The molecule has 0 radical (unpaired) electrons. The van der Waals surface area contributed by atoms with Crippen LogP contribution in [-0.4, -0.2) is 19.1 Å². The minimum Gasteiger partial charge on any atom is -0.491 e. The van der Waals surface area contributed by atoms with Crippen LogP contribution in [0.5, 0.6) is 5.75 Å². The van der Waals surface area contributed by atoms with Crippen molar-refractivity contribution >= 4 is 17.5 Å². The van der Waals surface area contributed by atoms with Crippen LogP contribution in [0.15, 0.2) is 34.7 Å². The maximum Gasteiger partial charge on any atom is 0.287 e. The molecule has 0 unspecified atom stereocenters. The molecule has 2 rings (SSSR count). The summed E-state index contributed by atoms with van der Waals surface area (Å²) < 4.78 is 11.0. The molecule has 4 nitrogen and oxygen atoms in total. The highest BCUT2D eigenvalue weighted by Crippen LogP contribution is 2.17. The number of amides is 1. The molecule has 0 fully saturated rings. The van der Waals surface area contributed by atoms with Gasteiger partial charge in [-0.2, -0.15) is 0 Å². The van der Waals surface area contributed by atoms with Gasteiger partial charge in [0, 0.05) is 5.56 Å². The highest BCUT2D eigenvalue weighted by Gasteiger charge is 2.13. The van der Waals surface area contributed by atoms with Crippen molar-refractivity contribution in [1.29, 1.82) is 0 Å². The maximum absolute atomic E-state index is 11.9. The van der Waals surface area contributed by atoms with Crippen LogP contribution in [0.1, 0.15) is 27.4 Å². The number of benzene rings is 1. The number of carbonyl (C=O) groups is 1. The Hall–Kier alpha value is -1.94. The number of hydrogen-bond acceptors (Lipinski definition) is 3. The van der Waals surface area contributed by atoms with E-state index in [9.17, 15) is 4.79 Å². The molecule has 0 atom stereocenters.